The molecule has 1 aromatic rings. The molecule has 1 aromatic carbocycles. The van der Waals surface area contributed by atoms with E-state index in [9.17, 15) is 0 Å². The first-order valence-electron chi connectivity index (χ1n) is 8.37. The number of ether oxygens (including phenoxy) is 1. The maximum atomic E-state index is 5.32. The maximum Gasteiger partial charge on any atom is 0.0491 e. The summed E-state index contributed by atoms with van der Waals surface area (Å²) in [6.07, 6.45) is 3.75. The Bertz CT molecular complexity index is 454. The number of nitrogens with one attached hydrogen (secondary N) is 1. The van der Waals surface area contributed by atoms with Crippen molar-refractivity contribution < 1.29 is 4.74 Å². The smallest absolute Gasteiger partial charge is 0.0491 e. The second kappa shape index (κ2) is 6.91. The lowest BCUT2D eigenvalue weighted by Crippen LogP contribution is -2.47. The fraction of sp³-hybridized carbons (Fsp3) is 0.667. The van der Waals surface area contributed by atoms with Crippen LogP contribution in [0.5, 0.6) is 0 Å². The van der Waals surface area contributed by atoms with E-state index in [1.165, 1.54) is 43.5 Å². The summed E-state index contributed by atoms with van der Waals surface area (Å²) in [4.78, 5) is 2.71. The van der Waals surface area contributed by atoms with Gasteiger partial charge in [0.25, 0.3) is 0 Å². The van der Waals surface area contributed by atoms with Gasteiger partial charge in [-0.05, 0) is 55.9 Å². The lowest BCUT2D eigenvalue weighted by molar-refractivity contribution is 0.0717. The number of rotatable bonds is 5. The molecule has 2 aliphatic rings. The molecule has 0 aromatic heterocycles. The van der Waals surface area contributed by atoms with Crippen LogP contribution in [0.15, 0.2) is 24.3 Å². The number of fused-ring (bicyclic) bond motifs is 1. The summed E-state index contributed by atoms with van der Waals surface area (Å²) in [5.41, 5.74) is 3.05. The standard InChI is InChI=1S/C18H28N2O/c1-3-19-18-16-7-5-4-6-15(16)12-17(18)20-10-8-14(9-11-20)13-21-2/h4-7,14,17-19H,3,8-13H2,1-2H3. The first-order valence-corrected chi connectivity index (χ1v) is 8.37. The fourth-order valence-corrected chi connectivity index (χ4v) is 4.07. The monoisotopic (exact) mass is 288 g/mol. The average Bonchev–Trinajstić information content (AvgIpc) is 2.88. The predicted octanol–water partition coefficient (Wildman–Crippen LogP) is 2.62. The number of hydrogen-bond donors (Lipinski definition) is 1. The van der Waals surface area contributed by atoms with Crippen LogP contribution in [0, 0.1) is 5.92 Å². The van der Waals surface area contributed by atoms with Crippen molar-refractivity contribution in [1.29, 1.82) is 0 Å². The minimum Gasteiger partial charge on any atom is -0.384 e. The van der Waals surface area contributed by atoms with Crippen LogP contribution in [0.3, 0.4) is 0 Å². The van der Waals surface area contributed by atoms with E-state index < -0.39 is 0 Å². The quantitative estimate of drug-likeness (QED) is 0.901. The summed E-state index contributed by atoms with van der Waals surface area (Å²) in [5.74, 6) is 0.757. The van der Waals surface area contributed by atoms with Gasteiger partial charge in [0.05, 0.1) is 0 Å². The van der Waals surface area contributed by atoms with E-state index in [1.807, 2.05) is 7.11 Å². The molecule has 0 spiro atoms. The molecule has 1 aliphatic carbocycles. The summed E-state index contributed by atoms with van der Waals surface area (Å²) >= 11 is 0. The van der Waals surface area contributed by atoms with Crippen molar-refractivity contribution in [3.8, 4) is 0 Å². The second-order valence-electron chi connectivity index (χ2n) is 6.44. The molecule has 3 nitrogen and oxygen atoms in total. The van der Waals surface area contributed by atoms with E-state index >= 15 is 0 Å². The summed E-state index contributed by atoms with van der Waals surface area (Å²) in [5, 5.41) is 3.72. The van der Waals surface area contributed by atoms with Gasteiger partial charge in [-0.3, -0.25) is 4.90 Å². The van der Waals surface area contributed by atoms with E-state index in [2.05, 4.69) is 41.4 Å². The number of nitrogens with zero attached hydrogens (tertiary/aromatic N) is 1. The predicted molar refractivity (Wildman–Crippen MR) is 86.5 cm³/mol. The van der Waals surface area contributed by atoms with E-state index in [4.69, 9.17) is 4.74 Å². The molecule has 3 heteroatoms. The first kappa shape index (κ1) is 15.0. The van der Waals surface area contributed by atoms with Gasteiger partial charge in [-0.15, -0.1) is 0 Å². The minimum absolute atomic E-state index is 0.505. The molecule has 2 atom stereocenters. The topological polar surface area (TPSA) is 24.5 Å². The van der Waals surface area contributed by atoms with Gasteiger partial charge in [0.2, 0.25) is 0 Å². The Labute approximate surface area is 128 Å². The van der Waals surface area contributed by atoms with Gasteiger partial charge in [0.15, 0.2) is 0 Å². The van der Waals surface area contributed by atoms with Crippen molar-refractivity contribution >= 4 is 0 Å². The van der Waals surface area contributed by atoms with Gasteiger partial charge < -0.3 is 10.1 Å². The number of likely N-dealkylation sites (N-methyl/N-ethyl adjacent to an activating group) is 1. The van der Waals surface area contributed by atoms with Gasteiger partial charge in [-0.25, -0.2) is 0 Å². The summed E-state index contributed by atoms with van der Waals surface area (Å²) in [6.45, 7) is 6.61. The Morgan fingerprint density at radius 2 is 2.00 bits per heavy atom. The van der Waals surface area contributed by atoms with Crippen LogP contribution in [-0.4, -0.2) is 44.3 Å². The minimum atomic E-state index is 0.505. The van der Waals surface area contributed by atoms with Gasteiger partial charge in [-0.1, -0.05) is 31.2 Å². The third kappa shape index (κ3) is 3.15. The van der Waals surface area contributed by atoms with Gasteiger partial charge in [0, 0.05) is 25.8 Å². The zero-order valence-electron chi connectivity index (χ0n) is 13.3. The highest BCUT2D eigenvalue weighted by Crippen LogP contribution is 2.36. The number of piperidine rings is 1. The van der Waals surface area contributed by atoms with E-state index in [-0.39, 0.29) is 0 Å². The highest BCUT2D eigenvalue weighted by molar-refractivity contribution is 5.37. The van der Waals surface area contributed by atoms with Crippen molar-refractivity contribution in [3.05, 3.63) is 35.4 Å². The van der Waals surface area contributed by atoms with Crippen LogP contribution in [0.4, 0.5) is 0 Å². The molecule has 116 valence electrons. The van der Waals surface area contributed by atoms with Gasteiger partial charge >= 0.3 is 0 Å². The molecular formula is C18H28N2O. The molecule has 1 N–H and O–H groups in total. The van der Waals surface area contributed by atoms with Crippen LogP contribution in [-0.2, 0) is 11.2 Å². The fourth-order valence-electron chi connectivity index (χ4n) is 4.07. The lowest BCUT2D eigenvalue weighted by Gasteiger charge is -2.38. The molecule has 3 rings (SSSR count). The second-order valence-corrected chi connectivity index (χ2v) is 6.44. The van der Waals surface area contributed by atoms with E-state index in [0.29, 0.717) is 12.1 Å². The van der Waals surface area contributed by atoms with Crippen LogP contribution >= 0.6 is 0 Å². The van der Waals surface area contributed by atoms with Crippen LogP contribution in [0.2, 0.25) is 0 Å². The molecule has 2 unspecified atom stereocenters. The Morgan fingerprint density at radius 3 is 2.71 bits per heavy atom. The van der Waals surface area contributed by atoms with Gasteiger partial charge in [0.1, 0.15) is 0 Å². The third-order valence-electron chi connectivity index (χ3n) is 5.15. The zero-order valence-corrected chi connectivity index (χ0v) is 13.3. The van der Waals surface area contributed by atoms with Crippen LogP contribution < -0.4 is 5.32 Å². The molecule has 0 bridgehead atoms. The molecule has 1 saturated heterocycles. The molecule has 1 aliphatic heterocycles. The first-order chi connectivity index (χ1) is 10.3. The van der Waals surface area contributed by atoms with Gasteiger partial charge in [-0.2, -0.15) is 0 Å². The Kier molecular flexibility index (Phi) is 4.94. The zero-order chi connectivity index (χ0) is 14.7. The van der Waals surface area contributed by atoms with Crippen LogP contribution in [0.25, 0.3) is 0 Å². The van der Waals surface area contributed by atoms with Crippen LogP contribution in [0.1, 0.15) is 36.9 Å². The SMILES string of the molecule is CCNC1c2ccccc2CC1N1CCC(COC)CC1. The Morgan fingerprint density at radius 1 is 1.24 bits per heavy atom. The number of methoxy groups -OCH3 is 1. The van der Waals surface area contributed by atoms with E-state index in [0.717, 1.165) is 19.1 Å². The highest BCUT2D eigenvalue weighted by Gasteiger charge is 2.36. The molecular weight excluding hydrogens is 260 g/mol. The largest absolute Gasteiger partial charge is 0.384 e. The van der Waals surface area contributed by atoms with Crippen molar-refractivity contribution in [3.63, 3.8) is 0 Å². The number of benzene rings is 1. The highest BCUT2D eigenvalue weighted by atomic mass is 16.5. The molecule has 1 heterocycles. The molecule has 0 amide bonds. The molecule has 21 heavy (non-hydrogen) atoms. The Hall–Kier alpha value is -0.900. The Balaban J connectivity index is 1.68. The van der Waals surface area contributed by atoms with Crippen molar-refractivity contribution in [1.82, 2.24) is 10.2 Å². The molecule has 0 radical (unpaired) electrons. The number of hydrogen-bond acceptors (Lipinski definition) is 3. The summed E-state index contributed by atoms with van der Waals surface area (Å²) in [6, 6.07) is 10.1. The third-order valence-corrected chi connectivity index (χ3v) is 5.15. The molecule has 1 fully saturated rings. The summed E-state index contributed by atoms with van der Waals surface area (Å²) in [7, 11) is 1.82. The normalized spacial score (nSPS) is 27.0. The van der Waals surface area contributed by atoms with E-state index in [1.54, 1.807) is 0 Å². The van der Waals surface area contributed by atoms with Crippen molar-refractivity contribution in [2.24, 2.45) is 5.92 Å². The van der Waals surface area contributed by atoms with Crippen molar-refractivity contribution in [2.45, 2.75) is 38.3 Å². The lowest BCUT2D eigenvalue weighted by atomic mass is 9.95. The average molecular weight is 288 g/mol. The maximum absolute atomic E-state index is 5.32. The van der Waals surface area contributed by atoms with Crippen molar-refractivity contribution in [2.75, 3.05) is 33.4 Å². The molecule has 0 saturated carbocycles. The number of likely N-dealkylation sites (tertiary alicyclic amines) is 1. The summed E-state index contributed by atoms with van der Waals surface area (Å²) < 4.78 is 5.32.